The topological polar surface area (TPSA) is 58.6 Å². The van der Waals surface area contributed by atoms with Crippen LogP contribution in [0.5, 0.6) is 5.75 Å². The van der Waals surface area contributed by atoms with E-state index in [1.165, 1.54) is 12.1 Å². The van der Waals surface area contributed by atoms with Crippen molar-refractivity contribution in [2.75, 3.05) is 11.9 Å². The van der Waals surface area contributed by atoms with Crippen molar-refractivity contribution in [3.05, 3.63) is 94.8 Å². The average Bonchev–Trinajstić information content (AvgIpc) is 2.87. The number of nitrogens with one attached hydrogen (secondary N) is 1. The SMILES string of the molecule is CC[C@H](Oc1ccc2c(c1)[C@@H](c1cccc(F)c1)N(C(=O)CC(C)C)CC2)C(=O)Nc1ccc(C)cc1. The van der Waals surface area contributed by atoms with E-state index in [0.29, 0.717) is 37.2 Å². The summed E-state index contributed by atoms with van der Waals surface area (Å²) >= 11 is 0. The van der Waals surface area contributed by atoms with Gasteiger partial charge in [-0.15, -0.1) is 0 Å². The lowest BCUT2D eigenvalue weighted by atomic mass is 9.87. The second kappa shape index (κ2) is 11.6. The summed E-state index contributed by atoms with van der Waals surface area (Å²) in [7, 11) is 0. The third-order valence-electron chi connectivity index (χ3n) is 6.67. The van der Waals surface area contributed by atoms with E-state index in [1.54, 1.807) is 6.07 Å². The quantitative estimate of drug-likeness (QED) is 0.385. The Morgan fingerprint density at radius 1 is 1.08 bits per heavy atom. The van der Waals surface area contributed by atoms with Crippen LogP contribution >= 0.6 is 0 Å². The van der Waals surface area contributed by atoms with Crippen molar-refractivity contribution >= 4 is 17.5 Å². The van der Waals surface area contributed by atoms with Crippen molar-refractivity contribution in [2.24, 2.45) is 5.92 Å². The number of anilines is 1. The normalized spacial score (nSPS) is 15.7. The lowest BCUT2D eigenvalue weighted by Crippen LogP contribution is -2.41. The fraction of sp³-hybridized carbons (Fsp3) is 0.355. The van der Waals surface area contributed by atoms with Gasteiger partial charge in [-0.05, 0) is 78.8 Å². The summed E-state index contributed by atoms with van der Waals surface area (Å²) in [5.41, 5.74) is 4.55. The predicted octanol–water partition coefficient (Wildman–Crippen LogP) is 6.45. The highest BCUT2D eigenvalue weighted by atomic mass is 19.1. The minimum atomic E-state index is -0.686. The Hall–Kier alpha value is -3.67. The Labute approximate surface area is 218 Å². The number of carbonyl (C=O) groups is 2. The maximum Gasteiger partial charge on any atom is 0.265 e. The van der Waals surface area contributed by atoms with E-state index in [4.69, 9.17) is 4.74 Å². The van der Waals surface area contributed by atoms with Gasteiger partial charge in [0.25, 0.3) is 5.91 Å². The standard InChI is InChI=1S/C31H35FN2O3/c1-5-28(31(36)33-25-12-9-21(4)10-13-25)37-26-14-11-22-15-16-34(29(35)17-20(2)3)30(27(22)19-26)23-7-6-8-24(32)18-23/h6-14,18-20,28,30H,5,15-17H2,1-4H3,(H,33,36)/t28-,30+/m0/s1. The van der Waals surface area contributed by atoms with E-state index < -0.39 is 12.1 Å². The smallest absolute Gasteiger partial charge is 0.265 e. The van der Waals surface area contributed by atoms with Gasteiger partial charge in [0.2, 0.25) is 5.91 Å². The molecule has 0 unspecified atom stereocenters. The molecule has 0 spiro atoms. The van der Waals surface area contributed by atoms with Gasteiger partial charge in [0, 0.05) is 18.7 Å². The summed E-state index contributed by atoms with van der Waals surface area (Å²) in [6.07, 6.45) is 0.931. The summed E-state index contributed by atoms with van der Waals surface area (Å²) in [6, 6.07) is 19.4. The molecule has 2 amide bonds. The number of fused-ring (bicyclic) bond motifs is 1. The molecular weight excluding hydrogens is 467 g/mol. The molecule has 0 fully saturated rings. The fourth-order valence-corrected chi connectivity index (χ4v) is 4.78. The van der Waals surface area contributed by atoms with E-state index in [1.807, 2.05) is 81.1 Å². The highest BCUT2D eigenvalue weighted by molar-refractivity contribution is 5.94. The van der Waals surface area contributed by atoms with Crippen LogP contribution < -0.4 is 10.1 Å². The van der Waals surface area contributed by atoms with Crippen LogP contribution in [0.4, 0.5) is 10.1 Å². The zero-order valence-corrected chi connectivity index (χ0v) is 22.0. The van der Waals surface area contributed by atoms with Crippen molar-refractivity contribution in [3.8, 4) is 5.75 Å². The fourth-order valence-electron chi connectivity index (χ4n) is 4.78. The largest absolute Gasteiger partial charge is 0.481 e. The molecule has 1 heterocycles. The van der Waals surface area contributed by atoms with Crippen molar-refractivity contribution in [3.63, 3.8) is 0 Å². The predicted molar refractivity (Wildman–Crippen MR) is 144 cm³/mol. The number of halogens is 1. The highest BCUT2D eigenvalue weighted by Gasteiger charge is 2.33. The van der Waals surface area contributed by atoms with Gasteiger partial charge < -0.3 is 15.0 Å². The zero-order valence-electron chi connectivity index (χ0n) is 22.0. The van der Waals surface area contributed by atoms with Crippen molar-refractivity contribution in [2.45, 2.75) is 59.1 Å². The Morgan fingerprint density at radius 3 is 2.51 bits per heavy atom. The second-order valence-electron chi connectivity index (χ2n) is 10.1. The van der Waals surface area contributed by atoms with Gasteiger partial charge in [0.1, 0.15) is 11.6 Å². The van der Waals surface area contributed by atoms with E-state index in [-0.39, 0.29) is 23.5 Å². The second-order valence-corrected chi connectivity index (χ2v) is 10.1. The molecule has 3 aromatic rings. The van der Waals surface area contributed by atoms with Crippen LogP contribution in [0.25, 0.3) is 0 Å². The van der Waals surface area contributed by atoms with E-state index >= 15 is 0 Å². The number of ether oxygens (including phenoxy) is 1. The van der Waals surface area contributed by atoms with Gasteiger partial charge in [-0.2, -0.15) is 0 Å². The number of rotatable bonds is 8. The molecule has 37 heavy (non-hydrogen) atoms. The first-order valence-corrected chi connectivity index (χ1v) is 13.0. The molecule has 0 aliphatic carbocycles. The molecule has 0 saturated heterocycles. The van der Waals surface area contributed by atoms with Gasteiger partial charge >= 0.3 is 0 Å². The molecule has 0 radical (unpaired) electrons. The average molecular weight is 503 g/mol. The Bertz CT molecular complexity index is 1260. The van der Waals surface area contributed by atoms with Gasteiger partial charge in [-0.3, -0.25) is 9.59 Å². The molecule has 4 rings (SSSR count). The molecular formula is C31H35FN2O3. The highest BCUT2D eigenvalue weighted by Crippen LogP contribution is 2.38. The van der Waals surface area contributed by atoms with Crippen molar-refractivity contribution < 1.29 is 18.7 Å². The first-order chi connectivity index (χ1) is 17.7. The molecule has 1 aliphatic rings. The number of amides is 2. The summed E-state index contributed by atoms with van der Waals surface area (Å²) in [5, 5.41) is 2.93. The first-order valence-electron chi connectivity index (χ1n) is 13.0. The number of benzene rings is 3. The van der Waals surface area contributed by atoms with Crippen LogP contribution in [0.1, 0.15) is 61.9 Å². The third-order valence-corrected chi connectivity index (χ3v) is 6.67. The van der Waals surface area contributed by atoms with Crippen LogP contribution in [0, 0.1) is 18.7 Å². The number of aryl methyl sites for hydroxylation is 1. The van der Waals surface area contributed by atoms with Crippen LogP contribution in [0.15, 0.2) is 66.7 Å². The number of carbonyl (C=O) groups excluding carboxylic acids is 2. The first kappa shape index (κ1) is 26.4. The van der Waals surface area contributed by atoms with Crippen molar-refractivity contribution in [1.82, 2.24) is 4.90 Å². The van der Waals surface area contributed by atoms with Gasteiger partial charge in [-0.1, -0.05) is 56.7 Å². The van der Waals surface area contributed by atoms with Crippen LogP contribution in [0.3, 0.4) is 0 Å². The Kier molecular flexibility index (Phi) is 8.27. The van der Waals surface area contributed by atoms with Crippen molar-refractivity contribution in [1.29, 1.82) is 0 Å². The molecule has 0 saturated carbocycles. The van der Waals surface area contributed by atoms with Gasteiger partial charge in [0.15, 0.2) is 6.10 Å². The number of nitrogens with zero attached hydrogens (tertiary/aromatic N) is 1. The summed E-state index contributed by atoms with van der Waals surface area (Å²) in [5.74, 6) is 0.245. The number of hydrogen-bond acceptors (Lipinski definition) is 3. The summed E-state index contributed by atoms with van der Waals surface area (Å²) in [6.45, 7) is 8.50. The van der Waals surface area contributed by atoms with Crippen LogP contribution in [0.2, 0.25) is 0 Å². The van der Waals surface area contributed by atoms with Gasteiger partial charge in [-0.25, -0.2) is 4.39 Å². The Morgan fingerprint density at radius 2 is 1.84 bits per heavy atom. The lowest BCUT2D eigenvalue weighted by Gasteiger charge is -2.38. The molecule has 3 aromatic carbocycles. The van der Waals surface area contributed by atoms with Gasteiger partial charge in [0.05, 0.1) is 6.04 Å². The molecule has 0 bridgehead atoms. The van der Waals surface area contributed by atoms with E-state index in [2.05, 4.69) is 5.32 Å². The third kappa shape index (κ3) is 6.37. The van der Waals surface area contributed by atoms with E-state index in [9.17, 15) is 14.0 Å². The zero-order chi connectivity index (χ0) is 26.5. The Balaban J connectivity index is 1.63. The van der Waals surface area contributed by atoms with E-state index in [0.717, 1.165) is 22.3 Å². The molecule has 1 N–H and O–H groups in total. The number of hydrogen-bond donors (Lipinski definition) is 1. The summed E-state index contributed by atoms with van der Waals surface area (Å²) in [4.78, 5) is 28.0. The monoisotopic (exact) mass is 502 g/mol. The minimum absolute atomic E-state index is 0.0464. The van der Waals surface area contributed by atoms with Crippen LogP contribution in [-0.4, -0.2) is 29.4 Å². The maximum absolute atomic E-state index is 14.3. The molecule has 2 atom stereocenters. The molecule has 0 aromatic heterocycles. The molecule has 6 heteroatoms. The minimum Gasteiger partial charge on any atom is -0.481 e. The lowest BCUT2D eigenvalue weighted by molar-refractivity contribution is -0.134. The molecule has 5 nitrogen and oxygen atoms in total. The molecule has 194 valence electrons. The summed E-state index contributed by atoms with van der Waals surface area (Å²) < 4.78 is 20.4. The van der Waals surface area contributed by atoms with Crippen LogP contribution in [-0.2, 0) is 16.0 Å². The molecule has 1 aliphatic heterocycles. The maximum atomic E-state index is 14.3.